The van der Waals surface area contributed by atoms with E-state index in [1.54, 1.807) is 6.92 Å². The van der Waals surface area contributed by atoms with Crippen LogP contribution < -0.4 is 4.74 Å². The Labute approximate surface area is 108 Å². The molecular formula is C14H19ClO2. The van der Waals surface area contributed by atoms with Crippen molar-refractivity contribution >= 4 is 17.4 Å². The number of ether oxygens (including phenoxy) is 1. The van der Waals surface area contributed by atoms with E-state index in [1.165, 1.54) is 0 Å². The first-order valence-corrected chi connectivity index (χ1v) is 6.42. The lowest BCUT2D eigenvalue weighted by Crippen LogP contribution is -1.99. The highest BCUT2D eigenvalue weighted by atomic mass is 35.5. The molecule has 0 heterocycles. The molecule has 17 heavy (non-hydrogen) atoms. The monoisotopic (exact) mass is 254 g/mol. The third kappa shape index (κ3) is 5.22. The summed E-state index contributed by atoms with van der Waals surface area (Å²) >= 11 is 6.02. The van der Waals surface area contributed by atoms with Gasteiger partial charge in [-0.15, -0.1) is 0 Å². The molecule has 0 bridgehead atoms. The van der Waals surface area contributed by atoms with Crippen molar-refractivity contribution in [3.8, 4) is 5.75 Å². The van der Waals surface area contributed by atoms with Gasteiger partial charge >= 0.3 is 0 Å². The highest BCUT2D eigenvalue weighted by Gasteiger charge is 2.01. The molecule has 0 spiro atoms. The predicted octanol–water partition coefficient (Wildman–Crippen LogP) is 4.04. The van der Waals surface area contributed by atoms with Gasteiger partial charge in [-0.25, -0.2) is 0 Å². The van der Waals surface area contributed by atoms with Crippen LogP contribution in [0.2, 0.25) is 5.02 Å². The van der Waals surface area contributed by atoms with Gasteiger partial charge in [0, 0.05) is 11.4 Å². The lowest BCUT2D eigenvalue weighted by Gasteiger charge is -2.08. The van der Waals surface area contributed by atoms with E-state index in [0.717, 1.165) is 35.6 Å². The van der Waals surface area contributed by atoms with Crippen LogP contribution in [0.25, 0.3) is 0 Å². The number of aryl methyl sites for hydroxylation is 1. The van der Waals surface area contributed by atoms with E-state index >= 15 is 0 Å². The lowest BCUT2D eigenvalue weighted by atomic mass is 10.1. The third-order valence-electron chi connectivity index (χ3n) is 2.59. The van der Waals surface area contributed by atoms with Gasteiger partial charge < -0.3 is 9.53 Å². The van der Waals surface area contributed by atoms with E-state index in [0.29, 0.717) is 13.0 Å². The molecule has 0 N–H and O–H groups in total. The Bertz CT molecular complexity index is 374. The maximum absolute atomic E-state index is 10.7. The van der Waals surface area contributed by atoms with Crippen molar-refractivity contribution in [3.05, 3.63) is 28.8 Å². The third-order valence-corrected chi connectivity index (χ3v) is 2.96. The van der Waals surface area contributed by atoms with Crippen LogP contribution in [0.15, 0.2) is 18.2 Å². The van der Waals surface area contributed by atoms with Gasteiger partial charge in [-0.1, -0.05) is 18.5 Å². The zero-order chi connectivity index (χ0) is 12.7. The summed E-state index contributed by atoms with van der Waals surface area (Å²) in [7, 11) is 0. The van der Waals surface area contributed by atoms with Crippen LogP contribution in [0.4, 0.5) is 0 Å². The fourth-order valence-corrected chi connectivity index (χ4v) is 1.83. The minimum absolute atomic E-state index is 0.241. The molecule has 0 atom stereocenters. The topological polar surface area (TPSA) is 26.3 Å². The van der Waals surface area contributed by atoms with Crippen LogP contribution in [0.3, 0.4) is 0 Å². The molecule has 0 aliphatic heterocycles. The number of hydrogen-bond donors (Lipinski definition) is 0. The number of benzene rings is 1. The number of ketones is 1. The number of halogens is 1. The second kappa shape index (κ2) is 7.33. The van der Waals surface area contributed by atoms with E-state index < -0.39 is 0 Å². The molecule has 0 radical (unpaired) electrons. The van der Waals surface area contributed by atoms with E-state index in [1.807, 2.05) is 18.2 Å². The van der Waals surface area contributed by atoms with Crippen LogP contribution >= 0.6 is 11.6 Å². The van der Waals surface area contributed by atoms with Crippen LogP contribution in [0.5, 0.6) is 5.75 Å². The first-order valence-electron chi connectivity index (χ1n) is 6.04. The average Bonchev–Trinajstić information content (AvgIpc) is 2.30. The molecule has 1 rings (SSSR count). The maximum Gasteiger partial charge on any atom is 0.129 e. The van der Waals surface area contributed by atoms with Crippen molar-refractivity contribution in [1.82, 2.24) is 0 Å². The van der Waals surface area contributed by atoms with Crippen LogP contribution in [0.1, 0.15) is 38.7 Å². The zero-order valence-corrected chi connectivity index (χ0v) is 11.2. The molecule has 0 fully saturated rings. The summed E-state index contributed by atoms with van der Waals surface area (Å²) in [6.45, 7) is 4.34. The van der Waals surface area contributed by atoms with Crippen LogP contribution in [-0.2, 0) is 11.2 Å². The summed E-state index contributed by atoms with van der Waals surface area (Å²) in [6, 6.07) is 5.73. The van der Waals surface area contributed by atoms with Crippen LogP contribution in [-0.4, -0.2) is 12.4 Å². The number of carbonyl (C=O) groups excluding carboxylic acids is 1. The second-order valence-corrected chi connectivity index (χ2v) is 4.52. The predicted molar refractivity (Wildman–Crippen MR) is 70.9 cm³/mol. The number of rotatable bonds is 7. The Hall–Kier alpha value is -1.02. The van der Waals surface area contributed by atoms with Gasteiger partial charge in [0.2, 0.25) is 0 Å². The van der Waals surface area contributed by atoms with Crippen LogP contribution in [0, 0.1) is 0 Å². The first-order chi connectivity index (χ1) is 8.13. The average molecular weight is 255 g/mol. The van der Waals surface area contributed by atoms with Crippen molar-refractivity contribution in [2.45, 2.75) is 39.5 Å². The van der Waals surface area contributed by atoms with Crippen molar-refractivity contribution in [1.29, 1.82) is 0 Å². The molecule has 3 heteroatoms. The van der Waals surface area contributed by atoms with E-state index in [2.05, 4.69) is 6.92 Å². The SMILES string of the molecule is CCc1cc(OCCCCC(C)=O)ccc1Cl. The van der Waals surface area contributed by atoms with Gasteiger partial charge in [0.1, 0.15) is 11.5 Å². The zero-order valence-electron chi connectivity index (χ0n) is 10.5. The fraction of sp³-hybridized carbons (Fsp3) is 0.500. The maximum atomic E-state index is 10.7. The highest BCUT2D eigenvalue weighted by molar-refractivity contribution is 6.31. The molecule has 1 aromatic rings. The molecule has 0 aromatic heterocycles. The Balaban J connectivity index is 2.34. The van der Waals surface area contributed by atoms with Crippen molar-refractivity contribution in [2.75, 3.05) is 6.61 Å². The summed E-state index contributed by atoms with van der Waals surface area (Å²) in [5.74, 6) is 1.10. The largest absolute Gasteiger partial charge is 0.494 e. The molecular weight excluding hydrogens is 236 g/mol. The molecule has 0 aliphatic carbocycles. The fourth-order valence-electron chi connectivity index (χ4n) is 1.58. The van der Waals surface area contributed by atoms with Gasteiger partial charge in [0.25, 0.3) is 0 Å². The Morgan fingerprint density at radius 1 is 1.35 bits per heavy atom. The Kier molecular flexibility index (Phi) is 6.06. The second-order valence-electron chi connectivity index (χ2n) is 4.11. The van der Waals surface area contributed by atoms with Gasteiger partial charge in [0.15, 0.2) is 0 Å². The highest BCUT2D eigenvalue weighted by Crippen LogP contribution is 2.22. The Morgan fingerprint density at radius 2 is 2.12 bits per heavy atom. The summed E-state index contributed by atoms with van der Waals surface area (Å²) in [4.78, 5) is 10.7. The molecule has 94 valence electrons. The summed E-state index contributed by atoms with van der Waals surface area (Å²) in [5, 5.41) is 0.788. The number of hydrogen-bond acceptors (Lipinski definition) is 2. The van der Waals surface area contributed by atoms with E-state index in [9.17, 15) is 4.79 Å². The summed E-state index contributed by atoms with van der Waals surface area (Å²) in [6.07, 6.45) is 3.35. The van der Waals surface area contributed by atoms with Gasteiger partial charge in [-0.2, -0.15) is 0 Å². The van der Waals surface area contributed by atoms with E-state index in [4.69, 9.17) is 16.3 Å². The molecule has 0 saturated heterocycles. The smallest absolute Gasteiger partial charge is 0.129 e. The minimum Gasteiger partial charge on any atom is -0.494 e. The summed E-state index contributed by atoms with van der Waals surface area (Å²) < 4.78 is 5.62. The molecule has 0 amide bonds. The van der Waals surface area contributed by atoms with Gasteiger partial charge in [0.05, 0.1) is 6.61 Å². The summed E-state index contributed by atoms with van der Waals surface area (Å²) in [5.41, 5.74) is 1.10. The molecule has 0 saturated carbocycles. The molecule has 0 unspecified atom stereocenters. The standard InChI is InChI=1S/C14H19ClO2/c1-3-12-10-13(7-8-14(12)15)17-9-5-4-6-11(2)16/h7-8,10H,3-6,9H2,1-2H3. The first kappa shape index (κ1) is 14.0. The Morgan fingerprint density at radius 3 is 2.76 bits per heavy atom. The molecule has 2 nitrogen and oxygen atoms in total. The van der Waals surface area contributed by atoms with Gasteiger partial charge in [-0.05, 0) is 49.9 Å². The van der Waals surface area contributed by atoms with Crippen molar-refractivity contribution < 1.29 is 9.53 Å². The number of unbranched alkanes of at least 4 members (excludes halogenated alkanes) is 1. The molecule has 1 aromatic carbocycles. The lowest BCUT2D eigenvalue weighted by molar-refractivity contribution is -0.117. The minimum atomic E-state index is 0.241. The number of Topliss-reactive ketones (excluding diaryl/α,β-unsaturated/α-hetero) is 1. The van der Waals surface area contributed by atoms with Crippen molar-refractivity contribution in [2.24, 2.45) is 0 Å². The number of carbonyl (C=O) groups is 1. The van der Waals surface area contributed by atoms with E-state index in [-0.39, 0.29) is 5.78 Å². The normalized spacial score (nSPS) is 10.3. The quantitative estimate of drug-likeness (QED) is 0.687. The van der Waals surface area contributed by atoms with Gasteiger partial charge in [-0.3, -0.25) is 0 Å². The molecule has 0 aliphatic rings. The van der Waals surface area contributed by atoms with Crippen molar-refractivity contribution in [3.63, 3.8) is 0 Å².